The SMILES string of the molecule is COc1ccccc1OCCCC[NH+]1CC[NH+](C(c2ccccc2)c2ccccc2)CC1. The van der Waals surface area contributed by atoms with Crippen LogP contribution >= 0.6 is 0 Å². The number of rotatable bonds is 10. The number of para-hydroxylation sites is 2. The Balaban J connectivity index is 1.24. The van der Waals surface area contributed by atoms with Crippen LogP contribution < -0.4 is 19.3 Å². The highest BCUT2D eigenvalue weighted by Crippen LogP contribution is 2.25. The molecule has 0 aromatic heterocycles. The maximum Gasteiger partial charge on any atom is 0.161 e. The van der Waals surface area contributed by atoms with Crippen molar-refractivity contribution in [2.75, 3.05) is 46.4 Å². The normalized spacial score (nSPS) is 18.4. The van der Waals surface area contributed by atoms with Gasteiger partial charge in [-0.2, -0.15) is 0 Å². The molecular weight excluding hydrogens is 396 g/mol. The minimum absolute atomic E-state index is 0.424. The molecule has 0 spiro atoms. The van der Waals surface area contributed by atoms with Gasteiger partial charge in [0.15, 0.2) is 11.5 Å². The molecule has 32 heavy (non-hydrogen) atoms. The van der Waals surface area contributed by atoms with Crippen LogP contribution in [0.5, 0.6) is 11.5 Å². The van der Waals surface area contributed by atoms with Gasteiger partial charge in [-0.1, -0.05) is 72.8 Å². The molecular formula is C28H36N2O2+2. The summed E-state index contributed by atoms with van der Waals surface area (Å²) in [6.07, 6.45) is 2.27. The molecule has 1 saturated heterocycles. The first-order chi connectivity index (χ1) is 15.8. The average molecular weight is 433 g/mol. The highest BCUT2D eigenvalue weighted by Gasteiger charge is 2.31. The summed E-state index contributed by atoms with van der Waals surface area (Å²) < 4.78 is 11.3. The number of methoxy groups -OCH3 is 1. The summed E-state index contributed by atoms with van der Waals surface area (Å²) in [6, 6.07) is 30.3. The fraction of sp³-hybridized carbons (Fsp3) is 0.357. The third-order valence-electron chi connectivity index (χ3n) is 6.52. The van der Waals surface area contributed by atoms with Crippen LogP contribution in [0, 0.1) is 0 Å². The Hall–Kier alpha value is -2.82. The minimum Gasteiger partial charge on any atom is -0.493 e. The van der Waals surface area contributed by atoms with Crippen molar-refractivity contribution < 1.29 is 19.3 Å². The van der Waals surface area contributed by atoms with Gasteiger partial charge in [0.25, 0.3) is 0 Å². The summed E-state index contributed by atoms with van der Waals surface area (Å²) in [5.41, 5.74) is 2.84. The van der Waals surface area contributed by atoms with Gasteiger partial charge in [0.2, 0.25) is 0 Å². The number of benzene rings is 3. The van der Waals surface area contributed by atoms with E-state index in [0.29, 0.717) is 6.04 Å². The van der Waals surface area contributed by atoms with E-state index >= 15 is 0 Å². The van der Waals surface area contributed by atoms with Crippen LogP contribution in [-0.2, 0) is 0 Å². The number of hydrogen-bond acceptors (Lipinski definition) is 2. The summed E-state index contributed by atoms with van der Waals surface area (Å²) in [4.78, 5) is 3.41. The van der Waals surface area contributed by atoms with Crippen molar-refractivity contribution in [3.05, 3.63) is 96.1 Å². The molecule has 0 atom stereocenters. The second-order valence-corrected chi connectivity index (χ2v) is 8.62. The fourth-order valence-corrected chi connectivity index (χ4v) is 4.82. The molecule has 0 saturated carbocycles. The molecule has 3 aromatic rings. The zero-order valence-electron chi connectivity index (χ0n) is 19.1. The highest BCUT2D eigenvalue weighted by atomic mass is 16.5. The van der Waals surface area contributed by atoms with E-state index in [1.807, 2.05) is 24.3 Å². The molecule has 4 rings (SSSR count). The first kappa shape index (κ1) is 22.4. The van der Waals surface area contributed by atoms with Gasteiger partial charge >= 0.3 is 0 Å². The molecule has 168 valence electrons. The Morgan fingerprint density at radius 2 is 1.25 bits per heavy atom. The highest BCUT2D eigenvalue weighted by molar-refractivity contribution is 5.39. The van der Waals surface area contributed by atoms with Gasteiger partial charge in [0.1, 0.15) is 32.2 Å². The molecule has 0 aliphatic carbocycles. The van der Waals surface area contributed by atoms with Crippen molar-refractivity contribution in [3.8, 4) is 11.5 Å². The quantitative estimate of drug-likeness (QED) is 0.482. The number of nitrogens with one attached hydrogen (secondary N) is 2. The van der Waals surface area contributed by atoms with Crippen LogP contribution in [0.1, 0.15) is 30.0 Å². The average Bonchev–Trinajstić information content (AvgIpc) is 2.86. The largest absolute Gasteiger partial charge is 0.493 e. The van der Waals surface area contributed by atoms with Crippen molar-refractivity contribution in [3.63, 3.8) is 0 Å². The lowest BCUT2D eigenvalue weighted by atomic mass is 9.96. The van der Waals surface area contributed by atoms with Gasteiger partial charge in [-0.3, -0.25) is 0 Å². The summed E-state index contributed by atoms with van der Waals surface area (Å²) in [6.45, 7) is 6.86. The topological polar surface area (TPSA) is 27.3 Å². The van der Waals surface area contributed by atoms with E-state index in [1.54, 1.807) is 16.9 Å². The second kappa shape index (κ2) is 11.7. The van der Waals surface area contributed by atoms with E-state index in [2.05, 4.69) is 60.7 Å². The van der Waals surface area contributed by atoms with E-state index < -0.39 is 0 Å². The van der Waals surface area contributed by atoms with Crippen LogP contribution in [0.15, 0.2) is 84.9 Å². The molecule has 3 aromatic carbocycles. The summed E-state index contributed by atoms with van der Waals surface area (Å²) >= 11 is 0. The monoisotopic (exact) mass is 432 g/mol. The van der Waals surface area contributed by atoms with Crippen molar-refractivity contribution in [1.29, 1.82) is 0 Å². The molecule has 4 nitrogen and oxygen atoms in total. The van der Waals surface area contributed by atoms with Gasteiger partial charge in [-0.25, -0.2) is 0 Å². The van der Waals surface area contributed by atoms with Gasteiger partial charge in [-0.05, 0) is 25.0 Å². The van der Waals surface area contributed by atoms with Crippen LogP contribution in [-0.4, -0.2) is 46.4 Å². The molecule has 0 radical (unpaired) electrons. The van der Waals surface area contributed by atoms with E-state index in [4.69, 9.17) is 9.47 Å². The molecule has 0 bridgehead atoms. The Kier molecular flexibility index (Phi) is 8.18. The zero-order chi connectivity index (χ0) is 22.0. The molecule has 1 aliphatic rings. The van der Waals surface area contributed by atoms with E-state index in [1.165, 1.54) is 50.3 Å². The first-order valence-electron chi connectivity index (χ1n) is 11.9. The van der Waals surface area contributed by atoms with Crippen molar-refractivity contribution >= 4 is 0 Å². The summed E-state index contributed by atoms with van der Waals surface area (Å²) in [5.74, 6) is 1.65. The van der Waals surface area contributed by atoms with Crippen LogP contribution in [0.25, 0.3) is 0 Å². The Morgan fingerprint density at radius 1 is 0.688 bits per heavy atom. The lowest BCUT2D eigenvalue weighted by molar-refractivity contribution is -1.02. The number of hydrogen-bond donors (Lipinski definition) is 2. The Labute approximate surface area is 192 Å². The predicted molar refractivity (Wildman–Crippen MR) is 129 cm³/mol. The summed E-state index contributed by atoms with van der Waals surface area (Å²) in [7, 11) is 1.69. The third-order valence-corrected chi connectivity index (χ3v) is 6.52. The molecule has 2 N–H and O–H groups in total. The number of ether oxygens (including phenoxy) is 2. The van der Waals surface area contributed by atoms with Crippen LogP contribution in [0.3, 0.4) is 0 Å². The van der Waals surface area contributed by atoms with E-state index in [9.17, 15) is 0 Å². The molecule has 4 heteroatoms. The minimum atomic E-state index is 0.424. The zero-order valence-corrected chi connectivity index (χ0v) is 19.1. The first-order valence-corrected chi connectivity index (χ1v) is 11.9. The standard InChI is InChI=1S/C28H34N2O2/c1-31-26-16-8-9-17-27(26)32-23-11-10-18-29-19-21-30(22-20-29)28(24-12-4-2-5-13-24)25-14-6-3-7-15-25/h2-9,12-17,28H,10-11,18-23H2,1H3/p+2. The Morgan fingerprint density at radius 3 is 1.84 bits per heavy atom. The van der Waals surface area contributed by atoms with Gasteiger partial charge in [-0.15, -0.1) is 0 Å². The van der Waals surface area contributed by atoms with E-state index in [-0.39, 0.29) is 0 Å². The molecule has 0 unspecified atom stereocenters. The van der Waals surface area contributed by atoms with Crippen molar-refractivity contribution in [1.82, 2.24) is 0 Å². The maximum atomic E-state index is 5.93. The fourth-order valence-electron chi connectivity index (χ4n) is 4.82. The smallest absolute Gasteiger partial charge is 0.161 e. The molecule has 1 fully saturated rings. The Bertz CT molecular complexity index is 885. The third kappa shape index (κ3) is 5.90. The number of unbranched alkanes of at least 4 members (excludes halogenated alkanes) is 1. The van der Waals surface area contributed by atoms with Crippen molar-refractivity contribution in [2.45, 2.75) is 18.9 Å². The van der Waals surface area contributed by atoms with Crippen LogP contribution in [0.2, 0.25) is 0 Å². The van der Waals surface area contributed by atoms with Gasteiger partial charge < -0.3 is 19.3 Å². The lowest BCUT2D eigenvalue weighted by Crippen LogP contribution is -3.28. The van der Waals surface area contributed by atoms with Gasteiger partial charge in [0, 0.05) is 11.1 Å². The molecule has 1 aliphatic heterocycles. The molecule has 1 heterocycles. The van der Waals surface area contributed by atoms with Crippen LogP contribution in [0.4, 0.5) is 0 Å². The second-order valence-electron chi connectivity index (χ2n) is 8.62. The maximum absolute atomic E-state index is 5.93. The molecule has 0 amide bonds. The summed E-state index contributed by atoms with van der Waals surface area (Å²) in [5, 5.41) is 0. The number of piperazine rings is 1. The van der Waals surface area contributed by atoms with Crippen molar-refractivity contribution in [2.24, 2.45) is 0 Å². The van der Waals surface area contributed by atoms with E-state index in [0.717, 1.165) is 24.5 Å². The predicted octanol–water partition coefficient (Wildman–Crippen LogP) is 2.43. The lowest BCUT2D eigenvalue weighted by Gasteiger charge is -2.35. The number of quaternary nitrogens is 2. The van der Waals surface area contributed by atoms with Gasteiger partial charge in [0.05, 0.1) is 20.3 Å².